The first kappa shape index (κ1) is 31.1. The highest BCUT2D eigenvalue weighted by Gasteiger charge is 2.30. The number of anilines is 2. The Morgan fingerprint density at radius 2 is 1.58 bits per heavy atom. The van der Waals surface area contributed by atoms with Crippen molar-refractivity contribution in [2.24, 2.45) is 5.10 Å². The summed E-state index contributed by atoms with van der Waals surface area (Å²) in [6.45, 7) is 1.06. The van der Waals surface area contributed by atoms with E-state index in [0.29, 0.717) is 33.3 Å². The van der Waals surface area contributed by atoms with Gasteiger partial charge in [0.15, 0.2) is 0 Å². The van der Waals surface area contributed by atoms with Gasteiger partial charge in [-0.3, -0.25) is 13.9 Å². The highest BCUT2D eigenvalue weighted by Crippen LogP contribution is 2.35. The van der Waals surface area contributed by atoms with Gasteiger partial charge in [0.1, 0.15) is 18.0 Å². The zero-order valence-electron chi connectivity index (χ0n) is 23.6. The number of carbonyl (C=O) groups excluding carboxylic acids is 2. The van der Waals surface area contributed by atoms with Crippen LogP contribution in [-0.2, 0) is 14.8 Å². The summed E-state index contributed by atoms with van der Waals surface area (Å²) in [5.41, 5.74) is 4.49. The Morgan fingerprint density at radius 1 is 0.860 bits per heavy atom. The SMILES string of the molecule is COc1ccc(OC)c(N(CC(=O)N/N=C(/C)c2cccc(NC(=O)c3cccc(Cl)c3)c2)S(=O)(=O)c2ccccc2)c1. The third-order valence-electron chi connectivity index (χ3n) is 6.25. The fourth-order valence-electron chi connectivity index (χ4n) is 4.04. The molecule has 0 unspecified atom stereocenters. The van der Waals surface area contributed by atoms with Gasteiger partial charge in [-0.1, -0.05) is 48.0 Å². The van der Waals surface area contributed by atoms with Gasteiger partial charge in [-0.05, 0) is 67.1 Å². The first-order chi connectivity index (χ1) is 20.6. The number of hydrogen-bond donors (Lipinski definition) is 2. The van der Waals surface area contributed by atoms with E-state index in [1.165, 1.54) is 32.4 Å². The molecule has 0 fully saturated rings. The minimum Gasteiger partial charge on any atom is -0.497 e. The normalized spacial score (nSPS) is 11.4. The van der Waals surface area contributed by atoms with Gasteiger partial charge in [0.25, 0.3) is 21.8 Å². The third kappa shape index (κ3) is 7.70. The highest BCUT2D eigenvalue weighted by atomic mass is 35.5. The van der Waals surface area contributed by atoms with Crippen molar-refractivity contribution in [3.05, 3.63) is 113 Å². The third-order valence-corrected chi connectivity index (χ3v) is 8.26. The maximum Gasteiger partial charge on any atom is 0.264 e. The summed E-state index contributed by atoms with van der Waals surface area (Å²) in [4.78, 5) is 25.7. The molecule has 0 saturated carbocycles. The molecule has 222 valence electrons. The molecule has 12 heteroatoms. The topological polar surface area (TPSA) is 126 Å². The molecule has 43 heavy (non-hydrogen) atoms. The number of rotatable bonds is 11. The van der Waals surface area contributed by atoms with Crippen LogP contribution >= 0.6 is 11.6 Å². The van der Waals surface area contributed by atoms with Gasteiger partial charge in [-0.2, -0.15) is 5.10 Å². The average Bonchev–Trinajstić information content (AvgIpc) is 3.02. The lowest BCUT2D eigenvalue weighted by molar-refractivity contribution is -0.119. The lowest BCUT2D eigenvalue weighted by Crippen LogP contribution is -2.40. The predicted molar refractivity (Wildman–Crippen MR) is 167 cm³/mol. The van der Waals surface area contributed by atoms with Crippen molar-refractivity contribution in [3.63, 3.8) is 0 Å². The monoisotopic (exact) mass is 620 g/mol. The Hall–Kier alpha value is -4.87. The first-order valence-corrected chi connectivity index (χ1v) is 14.7. The molecule has 0 atom stereocenters. The number of hydrazone groups is 1. The molecule has 0 bridgehead atoms. The zero-order valence-corrected chi connectivity index (χ0v) is 25.1. The Bertz CT molecular complexity index is 1760. The number of methoxy groups -OCH3 is 2. The van der Waals surface area contributed by atoms with Crippen LogP contribution in [0.2, 0.25) is 5.02 Å². The summed E-state index contributed by atoms with van der Waals surface area (Å²) in [6, 6.07) is 25.9. The largest absolute Gasteiger partial charge is 0.497 e. The summed E-state index contributed by atoms with van der Waals surface area (Å²) in [7, 11) is -1.35. The Kier molecular flexibility index (Phi) is 10.0. The molecule has 0 spiro atoms. The van der Waals surface area contributed by atoms with Crippen molar-refractivity contribution in [1.29, 1.82) is 0 Å². The van der Waals surface area contributed by atoms with E-state index in [9.17, 15) is 18.0 Å². The number of nitrogens with zero attached hydrogens (tertiary/aromatic N) is 2. The van der Waals surface area contributed by atoms with Gasteiger partial charge in [-0.25, -0.2) is 13.8 Å². The van der Waals surface area contributed by atoms with E-state index in [4.69, 9.17) is 21.1 Å². The number of sulfonamides is 1. The van der Waals surface area contributed by atoms with Crippen molar-refractivity contribution in [2.45, 2.75) is 11.8 Å². The smallest absolute Gasteiger partial charge is 0.264 e. The fourth-order valence-corrected chi connectivity index (χ4v) is 5.68. The molecular weight excluding hydrogens is 592 g/mol. The van der Waals surface area contributed by atoms with Gasteiger partial charge in [-0.15, -0.1) is 0 Å². The number of nitrogens with one attached hydrogen (secondary N) is 2. The van der Waals surface area contributed by atoms with E-state index in [0.717, 1.165) is 4.31 Å². The number of halogens is 1. The maximum absolute atomic E-state index is 13.7. The van der Waals surface area contributed by atoms with Crippen molar-refractivity contribution in [3.8, 4) is 11.5 Å². The number of ether oxygens (including phenoxy) is 2. The Morgan fingerprint density at radius 3 is 2.28 bits per heavy atom. The molecule has 0 aromatic heterocycles. The number of hydrogen-bond acceptors (Lipinski definition) is 7. The minimum atomic E-state index is -4.20. The number of amides is 2. The standard InChI is InChI=1S/C31H29ClN4O6S/c1-21(22-9-8-12-25(18-22)33-31(38)23-10-7-11-24(32)17-23)34-35-30(37)20-36(43(39,40)27-13-5-4-6-14-27)28-19-26(41-2)15-16-29(28)42-3/h4-19H,20H2,1-3H3,(H,33,38)(H,35,37)/b34-21-. The summed E-state index contributed by atoms with van der Waals surface area (Å²) >= 11 is 5.99. The van der Waals surface area contributed by atoms with Gasteiger partial charge < -0.3 is 14.8 Å². The first-order valence-electron chi connectivity index (χ1n) is 12.9. The fraction of sp³-hybridized carbons (Fsp3) is 0.129. The van der Waals surface area contributed by atoms with Crippen LogP contribution in [0.5, 0.6) is 11.5 Å². The van der Waals surface area contributed by atoms with E-state index in [2.05, 4.69) is 15.8 Å². The Labute approximate surface area is 254 Å². The van der Waals surface area contributed by atoms with Crippen LogP contribution in [0, 0.1) is 0 Å². The molecule has 0 aliphatic rings. The second-order valence-electron chi connectivity index (χ2n) is 9.14. The lowest BCUT2D eigenvalue weighted by atomic mass is 10.1. The summed E-state index contributed by atoms with van der Waals surface area (Å²) < 4.78 is 39.1. The summed E-state index contributed by atoms with van der Waals surface area (Å²) in [5.74, 6) is -0.436. The second-order valence-corrected chi connectivity index (χ2v) is 11.4. The van der Waals surface area contributed by atoms with Crippen LogP contribution < -0.4 is 24.5 Å². The predicted octanol–water partition coefficient (Wildman–Crippen LogP) is 5.35. The molecule has 2 amide bonds. The van der Waals surface area contributed by atoms with Crippen LogP contribution in [0.1, 0.15) is 22.8 Å². The summed E-state index contributed by atoms with van der Waals surface area (Å²) in [6.07, 6.45) is 0. The molecule has 4 rings (SSSR count). The van der Waals surface area contributed by atoms with Crippen molar-refractivity contribution < 1.29 is 27.5 Å². The zero-order chi connectivity index (χ0) is 31.0. The molecule has 2 N–H and O–H groups in total. The minimum absolute atomic E-state index is 0.0102. The van der Waals surface area contributed by atoms with E-state index >= 15 is 0 Å². The molecule has 0 aliphatic heterocycles. The molecule has 0 heterocycles. The Balaban J connectivity index is 1.56. The van der Waals surface area contributed by atoms with E-state index in [1.54, 1.807) is 85.8 Å². The van der Waals surface area contributed by atoms with Crippen molar-refractivity contribution in [2.75, 3.05) is 30.4 Å². The number of carbonyl (C=O) groups is 2. The van der Waals surface area contributed by atoms with Crippen LogP contribution in [0.25, 0.3) is 0 Å². The quantitative estimate of drug-likeness (QED) is 0.172. The molecule has 4 aromatic rings. The molecule has 0 saturated heterocycles. The maximum atomic E-state index is 13.7. The lowest BCUT2D eigenvalue weighted by Gasteiger charge is -2.25. The highest BCUT2D eigenvalue weighted by molar-refractivity contribution is 7.92. The van der Waals surface area contributed by atoms with Crippen LogP contribution in [0.15, 0.2) is 107 Å². The van der Waals surface area contributed by atoms with E-state index in [1.807, 2.05) is 0 Å². The average molecular weight is 621 g/mol. The molecule has 0 aliphatic carbocycles. The van der Waals surface area contributed by atoms with E-state index in [-0.39, 0.29) is 22.2 Å². The van der Waals surface area contributed by atoms with Gasteiger partial charge in [0, 0.05) is 22.3 Å². The van der Waals surface area contributed by atoms with Crippen LogP contribution in [-0.4, -0.2) is 46.7 Å². The summed E-state index contributed by atoms with van der Waals surface area (Å²) in [5, 5.41) is 7.42. The molecule has 4 aromatic carbocycles. The van der Waals surface area contributed by atoms with Gasteiger partial charge >= 0.3 is 0 Å². The van der Waals surface area contributed by atoms with Gasteiger partial charge in [0.05, 0.1) is 30.5 Å². The number of benzene rings is 4. The van der Waals surface area contributed by atoms with Crippen molar-refractivity contribution >= 4 is 50.5 Å². The molecule has 0 radical (unpaired) electrons. The van der Waals surface area contributed by atoms with Crippen LogP contribution in [0.3, 0.4) is 0 Å². The molecule has 10 nitrogen and oxygen atoms in total. The van der Waals surface area contributed by atoms with Gasteiger partial charge in [0.2, 0.25) is 0 Å². The van der Waals surface area contributed by atoms with E-state index < -0.39 is 22.5 Å². The van der Waals surface area contributed by atoms with Crippen molar-refractivity contribution in [1.82, 2.24) is 5.43 Å². The second kappa shape index (κ2) is 13.9. The van der Waals surface area contributed by atoms with Crippen LogP contribution in [0.4, 0.5) is 11.4 Å². The molecular formula is C31H29ClN4O6S.